The summed E-state index contributed by atoms with van der Waals surface area (Å²) in [5.74, 6) is -0.656. The van der Waals surface area contributed by atoms with Gasteiger partial charge in [0.05, 0.1) is 6.54 Å². The Labute approximate surface area is 83.3 Å². The van der Waals surface area contributed by atoms with Crippen LogP contribution in [0.5, 0.6) is 0 Å². The van der Waals surface area contributed by atoms with Crippen molar-refractivity contribution in [2.24, 2.45) is 0 Å². The van der Waals surface area contributed by atoms with E-state index in [4.69, 9.17) is 5.11 Å². The van der Waals surface area contributed by atoms with Crippen molar-refractivity contribution in [1.82, 2.24) is 9.80 Å². The molecule has 0 aromatic rings. The van der Waals surface area contributed by atoms with Crippen LogP contribution in [-0.4, -0.2) is 60.0 Å². The van der Waals surface area contributed by atoms with Crippen LogP contribution in [-0.2, 0) is 9.59 Å². The van der Waals surface area contributed by atoms with Crippen LogP contribution in [0.2, 0.25) is 0 Å². The lowest BCUT2D eigenvalue weighted by Gasteiger charge is -2.31. The fourth-order valence-corrected chi connectivity index (χ4v) is 1.45. The van der Waals surface area contributed by atoms with E-state index in [-0.39, 0.29) is 12.3 Å². The van der Waals surface area contributed by atoms with Crippen LogP contribution >= 0.6 is 0 Å². The summed E-state index contributed by atoms with van der Waals surface area (Å²) in [6, 6.07) is 0. The molecule has 0 radical (unpaired) electrons. The molecule has 1 rings (SSSR count). The summed E-state index contributed by atoms with van der Waals surface area (Å²) in [5, 5.41) is 8.44. The first-order chi connectivity index (χ1) is 6.59. The topological polar surface area (TPSA) is 60.9 Å². The van der Waals surface area contributed by atoms with Crippen molar-refractivity contribution in [3.8, 4) is 0 Å². The molecular formula is C9H16N2O3. The van der Waals surface area contributed by atoms with Crippen molar-refractivity contribution in [3.05, 3.63) is 0 Å². The van der Waals surface area contributed by atoms with Gasteiger partial charge in [-0.05, 0) is 13.0 Å². The van der Waals surface area contributed by atoms with Gasteiger partial charge in [0.15, 0.2) is 0 Å². The molecule has 0 aromatic heterocycles. The summed E-state index contributed by atoms with van der Waals surface area (Å²) in [4.78, 5) is 25.2. The third-order valence-electron chi connectivity index (χ3n) is 2.40. The van der Waals surface area contributed by atoms with Gasteiger partial charge < -0.3 is 10.0 Å². The second kappa shape index (κ2) is 4.95. The van der Waals surface area contributed by atoms with Crippen molar-refractivity contribution in [1.29, 1.82) is 0 Å². The number of carboxylic acids is 1. The molecule has 80 valence electrons. The molecule has 1 N–H and O–H groups in total. The Balaban J connectivity index is 2.20. The molecule has 1 aliphatic heterocycles. The molecule has 1 heterocycles. The molecule has 1 fully saturated rings. The molecule has 0 spiro atoms. The van der Waals surface area contributed by atoms with E-state index in [1.165, 1.54) is 0 Å². The lowest BCUT2D eigenvalue weighted by Crippen LogP contribution is -2.48. The number of carbonyl (C=O) groups excluding carboxylic acids is 1. The van der Waals surface area contributed by atoms with Crippen molar-refractivity contribution >= 4 is 11.9 Å². The van der Waals surface area contributed by atoms with Crippen molar-refractivity contribution in [3.63, 3.8) is 0 Å². The first-order valence-corrected chi connectivity index (χ1v) is 4.77. The van der Waals surface area contributed by atoms with E-state index in [1.54, 1.807) is 11.9 Å². The van der Waals surface area contributed by atoms with E-state index in [9.17, 15) is 9.59 Å². The van der Waals surface area contributed by atoms with E-state index >= 15 is 0 Å². The minimum atomic E-state index is -0.773. The standard InChI is InChI=1S/C9H16N2O3/c1-10-5-6-11(7-8(10)12)4-2-3-9(13)14/h2-7H2,1H3,(H,13,14). The number of carbonyl (C=O) groups is 2. The first kappa shape index (κ1) is 11.0. The van der Waals surface area contributed by atoms with E-state index < -0.39 is 5.97 Å². The van der Waals surface area contributed by atoms with Crippen LogP contribution in [0.15, 0.2) is 0 Å². The number of likely N-dealkylation sites (N-methyl/N-ethyl adjacent to an activating group) is 1. The molecule has 1 saturated heterocycles. The minimum absolute atomic E-state index is 0.117. The Kier molecular flexibility index (Phi) is 3.88. The fourth-order valence-electron chi connectivity index (χ4n) is 1.45. The number of hydrogen-bond acceptors (Lipinski definition) is 3. The molecule has 5 nitrogen and oxygen atoms in total. The molecule has 0 saturated carbocycles. The Hall–Kier alpha value is -1.10. The summed E-state index contributed by atoms with van der Waals surface area (Å²) in [6.07, 6.45) is 0.798. The Morgan fingerprint density at radius 2 is 2.21 bits per heavy atom. The fraction of sp³-hybridized carbons (Fsp3) is 0.778. The number of hydrogen-bond donors (Lipinski definition) is 1. The Morgan fingerprint density at radius 3 is 2.79 bits per heavy atom. The second-order valence-electron chi connectivity index (χ2n) is 3.59. The summed E-state index contributed by atoms with van der Waals surface area (Å²) >= 11 is 0. The maximum atomic E-state index is 11.3. The van der Waals surface area contributed by atoms with Crippen LogP contribution < -0.4 is 0 Å². The summed E-state index contributed by atoms with van der Waals surface area (Å²) < 4.78 is 0. The monoisotopic (exact) mass is 200 g/mol. The molecule has 1 amide bonds. The lowest BCUT2D eigenvalue weighted by molar-refractivity contribution is -0.137. The van der Waals surface area contributed by atoms with Gasteiger partial charge in [0, 0.05) is 26.6 Å². The van der Waals surface area contributed by atoms with Gasteiger partial charge >= 0.3 is 5.97 Å². The van der Waals surface area contributed by atoms with Gasteiger partial charge in [-0.15, -0.1) is 0 Å². The van der Waals surface area contributed by atoms with Gasteiger partial charge in [0.1, 0.15) is 0 Å². The molecule has 0 aromatic carbocycles. The molecule has 1 aliphatic rings. The van der Waals surface area contributed by atoms with Gasteiger partial charge in [-0.1, -0.05) is 0 Å². The third-order valence-corrected chi connectivity index (χ3v) is 2.40. The third kappa shape index (κ3) is 3.33. The quantitative estimate of drug-likeness (QED) is 0.672. The maximum absolute atomic E-state index is 11.3. The van der Waals surface area contributed by atoms with Gasteiger partial charge in [-0.3, -0.25) is 14.5 Å². The van der Waals surface area contributed by atoms with Gasteiger partial charge in [-0.25, -0.2) is 0 Å². The number of piperazine rings is 1. The maximum Gasteiger partial charge on any atom is 0.303 e. The highest BCUT2D eigenvalue weighted by molar-refractivity contribution is 5.78. The van der Waals surface area contributed by atoms with Crippen molar-refractivity contribution in [2.75, 3.05) is 33.2 Å². The molecule has 0 unspecified atom stereocenters. The zero-order valence-corrected chi connectivity index (χ0v) is 8.40. The SMILES string of the molecule is CN1CCN(CCCC(=O)O)CC1=O. The number of nitrogens with zero attached hydrogens (tertiary/aromatic N) is 2. The average Bonchev–Trinajstić information content (AvgIpc) is 2.10. The van der Waals surface area contributed by atoms with E-state index in [0.29, 0.717) is 19.5 Å². The lowest BCUT2D eigenvalue weighted by atomic mass is 10.2. The average molecular weight is 200 g/mol. The summed E-state index contributed by atoms with van der Waals surface area (Å²) in [5.41, 5.74) is 0. The zero-order chi connectivity index (χ0) is 10.6. The van der Waals surface area contributed by atoms with Gasteiger partial charge in [0.25, 0.3) is 0 Å². The first-order valence-electron chi connectivity index (χ1n) is 4.77. The normalized spacial score (nSPS) is 18.6. The van der Waals surface area contributed by atoms with Crippen LogP contribution in [0.4, 0.5) is 0 Å². The largest absolute Gasteiger partial charge is 0.481 e. The summed E-state index contributed by atoms with van der Waals surface area (Å²) in [7, 11) is 1.79. The second-order valence-corrected chi connectivity index (χ2v) is 3.59. The van der Waals surface area contributed by atoms with Crippen LogP contribution in [0.3, 0.4) is 0 Å². The number of amides is 1. The van der Waals surface area contributed by atoms with Crippen molar-refractivity contribution in [2.45, 2.75) is 12.8 Å². The minimum Gasteiger partial charge on any atom is -0.481 e. The molecule has 14 heavy (non-hydrogen) atoms. The van der Waals surface area contributed by atoms with E-state index in [2.05, 4.69) is 0 Å². The van der Waals surface area contributed by atoms with Crippen molar-refractivity contribution < 1.29 is 14.7 Å². The molecule has 0 atom stereocenters. The van der Waals surface area contributed by atoms with E-state index in [1.807, 2.05) is 4.90 Å². The number of aliphatic carboxylic acids is 1. The highest BCUT2D eigenvalue weighted by Gasteiger charge is 2.20. The van der Waals surface area contributed by atoms with Crippen LogP contribution in [0, 0.1) is 0 Å². The van der Waals surface area contributed by atoms with Crippen LogP contribution in [0.25, 0.3) is 0 Å². The Morgan fingerprint density at radius 1 is 1.50 bits per heavy atom. The molecular weight excluding hydrogens is 184 g/mol. The Bertz CT molecular complexity index is 230. The van der Waals surface area contributed by atoms with Gasteiger partial charge in [-0.2, -0.15) is 0 Å². The predicted octanol–water partition coefficient (Wildman–Crippen LogP) is -0.375. The molecule has 0 aliphatic carbocycles. The number of rotatable bonds is 4. The number of carboxylic acid groups (broad SMARTS) is 1. The highest BCUT2D eigenvalue weighted by Crippen LogP contribution is 2.02. The molecule has 5 heteroatoms. The molecule has 0 bridgehead atoms. The summed E-state index contributed by atoms with van der Waals surface area (Å²) in [6.45, 7) is 2.72. The highest BCUT2D eigenvalue weighted by atomic mass is 16.4. The van der Waals surface area contributed by atoms with Gasteiger partial charge in [0.2, 0.25) is 5.91 Å². The van der Waals surface area contributed by atoms with E-state index in [0.717, 1.165) is 13.1 Å². The van der Waals surface area contributed by atoms with Crippen LogP contribution in [0.1, 0.15) is 12.8 Å². The predicted molar refractivity (Wildman–Crippen MR) is 50.9 cm³/mol. The smallest absolute Gasteiger partial charge is 0.303 e. The zero-order valence-electron chi connectivity index (χ0n) is 8.40.